The molecule has 18 heavy (non-hydrogen) atoms. The van der Waals surface area contributed by atoms with Crippen molar-refractivity contribution in [2.75, 3.05) is 7.11 Å². The predicted molar refractivity (Wildman–Crippen MR) is 76.0 cm³/mol. The van der Waals surface area contributed by atoms with E-state index in [0.29, 0.717) is 22.6 Å². The minimum Gasteiger partial charge on any atom is -0.495 e. The Labute approximate surface area is 114 Å². The van der Waals surface area contributed by atoms with Crippen LogP contribution >= 0.6 is 11.6 Å². The maximum absolute atomic E-state index is 6.69. The maximum atomic E-state index is 6.69. The molecule has 2 N–H and O–H groups in total. The van der Waals surface area contributed by atoms with Crippen molar-refractivity contribution in [1.29, 1.82) is 0 Å². The van der Waals surface area contributed by atoms with Crippen molar-refractivity contribution < 1.29 is 4.74 Å². The number of benzene rings is 1. The van der Waals surface area contributed by atoms with Gasteiger partial charge in [0, 0.05) is 5.54 Å². The van der Waals surface area contributed by atoms with Crippen LogP contribution in [0.25, 0.3) is 0 Å². The van der Waals surface area contributed by atoms with E-state index in [1.807, 2.05) is 18.2 Å². The normalized spacial score (nSPS) is 32.3. The molecule has 100 valence electrons. The molecular weight excluding hydrogens is 246 g/mol. The third-order valence-corrected chi connectivity index (χ3v) is 4.92. The Kier molecular flexibility index (Phi) is 3.88. The van der Waals surface area contributed by atoms with Crippen LogP contribution in [0.2, 0.25) is 5.02 Å². The topological polar surface area (TPSA) is 35.2 Å². The molecular formula is C15H22ClNO. The second-order valence-corrected chi connectivity index (χ2v) is 5.96. The van der Waals surface area contributed by atoms with Crippen molar-refractivity contribution in [2.24, 2.45) is 17.6 Å². The van der Waals surface area contributed by atoms with Crippen LogP contribution in [0.3, 0.4) is 0 Å². The van der Waals surface area contributed by atoms with E-state index in [4.69, 9.17) is 22.1 Å². The minimum absolute atomic E-state index is 0.254. The zero-order valence-corrected chi connectivity index (χ0v) is 12.1. The van der Waals surface area contributed by atoms with Gasteiger partial charge in [0.15, 0.2) is 0 Å². The second kappa shape index (κ2) is 5.10. The van der Waals surface area contributed by atoms with Crippen LogP contribution < -0.4 is 10.5 Å². The summed E-state index contributed by atoms with van der Waals surface area (Å²) >= 11 is 6.08. The van der Waals surface area contributed by atoms with Gasteiger partial charge in [-0.25, -0.2) is 0 Å². The molecule has 0 radical (unpaired) electrons. The first-order valence-corrected chi connectivity index (χ1v) is 6.99. The predicted octanol–water partition coefficient (Wildman–Crippen LogP) is 3.96. The van der Waals surface area contributed by atoms with Crippen molar-refractivity contribution in [2.45, 2.75) is 38.6 Å². The van der Waals surface area contributed by atoms with Gasteiger partial charge in [-0.15, -0.1) is 0 Å². The third kappa shape index (κ3) is 2.24. The van der Waals surface area contributed by atoms with Crippen molar-refractivity contribution in [1.82, 2.24) is 0 Å². The fraction of sp³-hybridized carbons (Fsp3) is 0.600. The number of ether oxygens (including phenoxy) is 1. The summed E-state index contributed by atoms with van der Waals surface area (Å²) in [6, 6.07) is 5.92. The molecule has 0 aromatic heterocycles. The van der Waals surface area contributed by atoms with Crippen molar-refractivity contribution >= 4 is 11.6 Å². The number of halogens is 1. The number of rotatable bonds is 2. The largest absolute Gasteiger partial charge is 0.495 e. The molecule has 0 heterocycles. The van der Waals surface area contributed by atoms with E-state index in [1.54, 1.807) is 7.11 Å². The molecule has 1 aromatic rings. The van der Waals surface area contributed by atoms with Crippen LogP contribution in [-0.2, 0) is 5.54 Å². The Morgan fingerprint density at radius 2 is 2.11 bits per heavy atom. The van der Waals surface area contributed by atoms with Crippen molar-refractivity contribution in [3.05, 3.63) is 28.8 Å². The summed E-state index contributed by atoms with van der Waals surface area (Å²) in [5, 5.41) is 0.640. The smallest absolute Gasteiger partial charge is 0.137 e. The molecule has 2 rings (SSSR count). The lowest BCUT2D eigenvalue weighted by Crippen LogP contribution is -2.48. The number of methoxy groups -OCH3 is 1. The van der Waals surface area contributed by atoms with E-state index in [-0.39, 0.29) is 5.54 Å². The minimum atomic E-state index is -0.254. The molecule has 3 atom stereocenters. The van der Waals surface area contributed by atoms with Gasteiger partial charge in [0.2, 0.25) is 0 Å². The van der Waals surface area contributed by atoms with Gasteiger partial charge in [0.05, 0.1) is 12.1 Å². The summed E-state index contributed by atoms with van der Waals surface area (Å²) < 4.78 is 5.30. The lowest BCUT2D eigenvalue weighted by molar-refractivity contribution is 0.143. The highest BCUT2D eigenvalue weighted by Crippen LogP contribution is 2.43. The van der Waals surface area contributed by atoms with E-state index in [9.17, 15) is 0 Å². The summed E-state index contributed by atoms with van der Waals surface area (Å²) in [5.41, 5.74) is 7.58. The maximum Gasteiger partial charge on any atom is 0.137 e. The van der Waals surface area contributed by atoms with Crippen molar-refractivity contribution in [3.63, 3.8) is 0 Å². The van der Waals surface area contributed by atoms with Gasteiger partial charge >= 0.3 is 0 Å². The summed E-state index contributed by atoms with van der Waals surface area (Å²) in [6.45, 7) is 4.55. The van der Waals surface area contributed by atoms with E-state index in [2.05, 4.69) is 13.8 Å². The van der Waals surface area contributed by atoms with Crippen LogP contribution in [-0.4, -0.2) is 7.11 Å². The lowest BCUT2D eigenvalue weighted by atomic mass is 9.66. The molecule has 0 spiro atoms. The van der Waals surface area contributed by atoms with Gasteiger partial charge in [-0.05, 0) is 36.0 Å². The summed E-state index contributed by atoms with van der Waals surface area (Å²) in [5.74, 6) is 1.84. The van der Waals surface area contributed by atoms with E-state index in [0.717, 1.165) is 12.0 Å². The first kappa shape index (κ1) is 13.7. The Morgan fingerprint density at radius 1 is 1.39 bits per heavy atom. The molecule has 1 aliphatic rings. The molecule has 0 bridgehead atoms. The van der Waals surface area contributed by atoms with Gasteiger partial charge in [-0.3, -0.25) is 0 Å². The standard InChI is InChI=1S/C15H22ClNO/c1-10-5-4-8-15(17,11(10)2)12-6-7-13(16)14(9-12)18-3/h6-7,9-11H,4-5,8,17H2,1-3H3. The monoisotopic (exact) mass is 267 g/mol. The fourth-order valence-corrected chi connectivity index (χ4v) is 3.25. The Balaban J connectivity index is 2.40. The van der Waals surface area contributed by atoms with Crippen molar-refractivity contribution in [3.8, 4) is 5.75 Å². The Hall–Kier alpha value is -0.730. The molecule has 1 aliphatic carbocycles. The highest BCUT2D eigenvalue weighted by Gasteiger charge is 2.39. The molecule has 0 amide bonds. The SMILES string of the molecule is COc1cc(C2(N)CCCC(C)C2C)ccc1Cl. The molecule has 2 nitrogen and oxygen atoms in total. The van der Waals surface area contributed by atoms with Gasteiger partial charge < -0.3 is 10.5 Å². The van der Waals surface area contributed by atoms with Gasteiger partial charge in [0.1, 0.15) is 5.75 Å². The van der Waals surface area contributed by atoms with E-state index < -0.39 is 0 Å². The molecule has 3 heteroatoms. The zero-order valence-electron chi connectivity index (χ0n) is 11.4. The van der Waals surface area contributed by atoms with Crippen LogP contribution in [0.1, 0.15) is 38.7 Å². The first-order chi connectivity index (χ1) is 8.49. The Morgan fingerprint density at radius 3 is 2.78 bits per heavy atom. The van der Waals surface area contributed by atoms with Crippen LogP contribution in [0.15, 0.2) is 18.2 Å². The zero-order chi connectivity index (χ0) is 13.3. The second-order valence-electron chi connectivity index (χ2n) is 5.55. The van der Waals surface area contributed by atoms with E-state index >= 15 is 0 Å². The van der Waals surface area contributed by atoms with Crippen LogP contribution in [0.5, 0.6) is 5.75 Å². The lowest BCUT2D eigenvalue weighted by Gasteiger charge is -2.43. The quantitative estimate of drug-likeness (QED) is 0.880. The number of hydrogen-bond acceptors (Lipinski definition) is 2. The molecule has 1 fully saturated rings. The summed E-state index contributed by atoms with van der Waals surface area (Å²) in [4.78, 5) is 0. The Bertz CT molecular complexity index is 435. The summed E-state index contributed by atoms with van der Waals surface area (Å²) in [6.07, 6.45) is 3.49. The number of hydrogen-bond donors (Lipinski definition) is 1. The van der Waals surface area contributed by atoms with Crippen LogP contribution in [0.4, 0.5) is 0 Å². The van der Waals surface area contributed by atoms with Gasteiger partial charge in [0.25, 0.3) is 0 Å². The average Bonchev–Trinajstić information content (AvgIpc) is 2.36. The highest BCUT2D eigenvalue weighted by atomic mass is 35.5. The average molecular weight is 268 g/mol. The van der Waals surface area contributed by atoms with Gasteiger partial charge in [-0.2, -0.15) is 0 Å². The molecule has 0 aliphatic heterocycles. The number of nitrogens with two attached hydrogens (primary N) is 1. The molecule has 1 aromatic carbocycles. The third-order valence-electron chi connectivity index (χ3n) is 4.60. The summed E-state index contributed by atoms with van der Waals surface area (Å²) in [7, 11) is 1.64. The van der Waals surface area contributed by atoms with E-state index in [1.165, 1.54) is 12.8 Å². The first-order valence-electron chi connectivity index (χ1n) is 6.62. The van der Waals surface area contributed by atoms with Crippen LogP contribution in [0, 0.1) is 11.8 Å². The van der Waals surface area contributed by atoms with Gasteiger partial charge in [-0.1, -0.05) is 44.4 Å². The fourth-order valence-electron chi connectivity index (χ4n) is 3.06. The molecule has 0 saturated heterocycles. The molecule has 3 unspecified atom stereocenters. The molecule has 1 saturated carbocycles. The highest BCUT2D eigenvalue weighted by molar-refractivity contribution is 6.32.